The minimum atomic E-state index is -0.319. The summed E-state index contributed by atoms with van der Waals surface area (Å²) in [7, 11) is 0. The first-order chi connectivity index (χ1) is 17.5. The molecule has 6 heteroatoms. The third-order valence-electron chi connectivity index (χ3n) is 6.89. The molecule has 1 aliphatic heterocycles. The van der Waals surface area contributed by atoms with Crippen molar-refractivity contribution >= 4 is 35.3 Å². The van der Waals surface area contributed by atoms with Crippen LogP contribution in [0, 0.1) is 11.7 Å². The van der Waals surface area contributed by atoms with Crippen LogP contribution in [0.25, 0.3) is 6.08 Å². The summed E-state index contributed by atoms with van der Waals surface area (Å²) in [6.07, 6.45) is 6.13. The van der Waals surface area contributed by atoms with E-state index in [4.69, 9.17) is 0 Å². The largest absolute Gasteiger partial charge is 0.349 e. The van der Waals surface area contributed by atoms with Crippen LogP contribution in [0.3, 0.4) is 0 Å². The van der Waals surface area contributed by atoms with E-state index in [1.54, 1.807) is 17.0 Å². The summed E-state index contributed by atoms with van der Waals surface area (Å²) in [6, 6.07) is 21.6. The second-order valence-corrected chi connectivity index (χ2v) is 10.7. The van der Waals surface area contributed by atoms with Gasteiger partial charge in [0.15, 0.2) is 0 Å². The monoisotopic (exact) mass is 500 g/mol. The molecule has 0 aromatic heterocycles. The van der Waals surface area contributed by atoms with Crippen LogP contribution in [0.15, 0.2) is 82.6 Å². The van der Waals surface area contributed by atoms with Crippen LogP contribution in [0.5, 0.6) is 0 Å². The zero-order valence-electron chi connectivity index (χ0n) is 20.2. The van der Waals surface area contributed by atoms with Gasteiger partial charge in [-0.1, -0.05) is 61.2 Å². The van der Waals surface area contributed by atoms with E-state index < -0.39 is 0 Å². The second kappa shape index (κ2) is 10.7. The molecule has 4 nitrogen and oxygen atoms in total. The van der Waals surface area contributed by atoms with Crippen molar-refractivity contribution in [2.75, 3.05) is 4.90 Å². The summed E-state index contributed by atoms with van der Waals surface area (Å²) in [5.41, 5.74) is 2.99. The molecule has 2 aliphatic rings. The average molecular weight is 501 g/mol. The van der Waals surface area contributed by atoms with Crippen LogP contribution in [-0.4, -0.2) is 17.9 Å². The number of nitrogens with zero attached hydrogens (tertiary/aromatic N) is 1. The van der Waals surface area contributed by atoms with E-state index >= 15 is 0 Å². The number of fused-ring (bicyclic) bond motifs is 1. The van der Waals surface area contributed by atoms with Gasteiger partial charge in [-0.2, -0.15) is 0 Å². The predicted molar refractivity (Wildman–Crippen MR) is 143 cm³/mol. The molecule has 1 N–H and O–H groups in total. The summed E-state index contributed by atoms with van der Waals surface area (Å²) in [6.45, 7) is 2.54. The molecule has 0 atom stereocenters. The minimum Gasteiger partial charge on any atom is -0.349 e. The molecule has 0 bridgehead atoms. The molecule has 184 valence electrons. The Bertz CT molecular complexity index is 1280. The van der Waals surface area contributed by atoms with Gasteiger partial charge in [-0.05, 0) is 79.1 Å². The number of nitrogens with one attached hydrogen (secondary N) is 1. The molecule has 0 saturated heterocycles. The summed E-state index contributed by atoms with van der Waals surface area (Å²) in [5, 5.41) is 3.18. The van der Waals surface area contributed by atoms with E-state index in [0.29, 0.717) is 22.1 Å². The zero-order valence-corrected chi connectivity index (χ0v) is 21.1. The highest BCUT2D eigenvalue weighted by atomic mass is 32.2. The number of benzene rings is 3. The SMILES string of the molecule is CC1CCC(NC(=O)c2ccc3c(c2)N(Cc2ccc(F)cc2)C(=O)C(=Cc2ccccc2)S3)CC1. The van der Waals surface area contributed by atoms with Gasteiger partial charge < -0.3 is 10.2 Å². The van der Waals surface area contributed by atoms with Crippen molar-refractivity contribution in [2.24, 2.45) is 5.92 Å². The molecular weight excluding hydrogens is 471 g/mol. The first-order valence-corrected chi connectivity index (χ1v) is 13.2. The molecule has 5 rings (SSSR count). The van der Waals surface area contributed by atoms with Gasteiger partial charge in [-0.25, -0.2) is 4.39 Å². The Morgan fingerprint density at radius 1 is 1.03 bits per heavy atom. The summed E-state index contributed by atoms with van der Waals surface area (Å²) in [4.78, 5) is 29.9. The van der Waals surface area contributed by atoms with Crippen LogP contribution < -0.4 is 10.2 Å². The van der Waals surface area contributed by atoms with E-state index in [-0.39, 0.29) is 30.2 Å². The fraction of sp³-hybridized carbons (Fsp3) is 0.267. The lowest BCUT2D eigenvalue weighted by molar-refractivity contribution is -0.114. The van der Waals surface area contributed by atoms with E-state index in [2.05, 4.69) is 12.2 Å². The van der Waals surface area contributed by atoms with Crippen LogP contribution >= 0.6 is 11.8 Å². The Kier molecular flexibility index (Phi) is 7.23. The molecule has 0 radical (unpaired) electrons. The van der Waals surface area contributed by atoms with E-state index in [1.165, 1.54) is 23.9 Å². The molecule has 1 saturated carbocycles. The van der Waals surface area contributed by atoms with Gasteiger partial charge in [0, 0.05) is 16.5 Å². The lowest BCUT2D eigenvalue weighted by atomic mass is 9.87. The van der Waals surface area contributed by atoms with Gasteiger partial charge in [0.05, 0.1) is 17.1 Å². The Morgan fingerprint density at radius 3 is 2.47 bits per heavy atom. The lowest BCUT2D eigenvalue weighted by Gasteiger charge is -2.31. The first-order valence-electron chi connectivity index (χ1n) is 12.4. The number of thioether (sulfide) groups is 1. The quantitative estimate of drug-likeness (QED) is 0.391. The fourth-order valence-electron chi connectivity index (χ4n) is 4.75. The molecule has 3 aromatic carbocycles. The third-order valence-corrected chi connectivity index (χ3v) is 7.97. The molecule has 0 spiro atoms. The van der Waals surface area contributed by atoms with Gasteiger partial charge in [0.1, 0.15) is 5.82 Å². The highest BCUT2D eigenvalue weighted by molar-refractivity contribution is 8.04. The Morgan fingerprint density at radius 2 is 1.75 bits per heavy atom. The van der Waals surface area contributed by atoms with Crippen molar-refractivity contribution in [2.45, 2.75) is 50.1 Å². The molecule has 1 fully saturated rings. The van der Waals surface area contributed by atoms with Crippen molar-refractivity contribution < 1.29 is 14.0 Å². The van der Waals surface area contributed by atoms with Crippen molar-refractivity contribution in [3.8, 4) is 0 Å². The Labute approximate surface area is 215 Å². The van der Waals surface area contributed by atoms with Gasteiger partial charge in [-0.3, -0.25) is 9.59 Å². The molecule has 2 amide bonds. The molecule has 3 aromatic rings. The van der Waals surface area contributed by atoms with Crippen LogP contribution in [0.4, 0.5) is 10.1 Å². The van der Waals surface area contributed by atoms with Crippen LogP contribution in [-0.2, 0) is 11.3 Å². The fourth-order valence-corrected chi connectivity index (χ4v) is 5.79. The topological polar surface area (TPSA) is 49.4 Å². The van der Waals surface area contributed by atoms with E-state index in [0.717, 1.165) is 41.7 Å². The number of anilines is 1. The number of hydrogen-bond donors (Lipinski definition) is 1. The Hall–Kier alpha value is -3.38. The lowest BCUT2D eigenvalue weighted by Crippen LogP contribution is -2.38. The molecule has 0 unspecified atom stereocenters. The maximum absolute atomic E-state index is 13.7. The van der Waals surface area contributed by atoms with Gasteiger partial charge in [-0.15, -0.1) is 0 Å². The predicted octanol–water partition coefficient (Wildman–Crippen LogP) is 6.81. The number of carbonyl (C=O) groups is 2. The average Bonchev–Trinajstić information content (AvgIpc) is 2.89. The van der Waals surface area contributed by atoms with Gasteiger partial charge >= 0.3 is 0 Å². The standard InChI is InChI=1S/C30H29FN2O2S/c1-20-7-14-25(15-8-20)32-29(34)23-11-16-27-26(18-23)33(19-22-9-12-24(31)13-10-22)30(35)28(36-27)17-21-5-3-2-4-6-21/h2-6,9-13,16-18,20,25H,7-8,14-15,19H2,1H3,(H,32,34). The smallest absolute Gasteiger partial charge is 0.265 e. The highest BCUT2D eigenvalue weighted by Crippen LogP contribution is 2.43. The second-order valence-electron chi connectivity index (χ2n) is 9.65. The number of rotatable bonds is 5. The van der Waals surface area contributed by atoms with E-state index in [9.17, 15) is 14.0 Å². The van der Waals surface area contributed by atoms with Crippen molar-refractivity contribution in [1.29, 1.82) is 0 Å². The van der Waals surface area contributed by atoms with Crippen molar-refractivity contribution in [1.82, 2.24) is 5.32 Å². The number of halogens is 1. The molecule has 36 heavy (non-hydrogen) atoms. The number of hydrogen-bond acceptors (Lipinski definition) is 3. The molecule has 1 heterocycles. The summed E-state index contributed by atoms with van der Waals surface area (Å²) in [5.74, 6) is 0.144. The normalized spacial score (nSPS) is 20.8. The van der Waals surface area contributed by atoms with Crippen LogP contribution in [0.2, 0.25) is 0 Å². The Balaban J connectivity index is 1.46. The summed E-state index contributed by atoms with van der Waals surface area (Å²) < 4.78 is 13.5. The van der Waals surface area contributed by atoms with Gasteiger partial charge in [0.25, 0.3) is 11.8 Å². The first kappa shape index (κ1) is 24.3. The van der Waals surface area contributed by atoms with Crippen molar-refractivity contribution in [3.63, 3.8) is 0 Å². The van der Waals surface area contributed by atoms with Crippen LogP contribution in [0.1, 0.15) is 54.1 Å². The van der Waals surface area contributed by atoms with Crippen molar-refractivity contribution in [3.05, 3.63) is 100 Å². The maximum Gasteiger partial charge on any atom is 0.265 e. The highest BCUT2D eigenvalue weighted by Gasteiger charge is 2.30. The molecule has 1 aliphatic carbocycles. The maximum atomic E-state index is 13.7. The number of carbonyl (C=O) groups excluding carboxylic acids is 2. The molecular formula is C30H29FN2O2S. The van der Waals surface area contributed by atoms with Gasteiger partial charge in [0.2, 0.25) is 0 Å². The summed E-state index contributed by atoms with van der Waals surface area (Å²) >= 11 is 1.41. The third kappa shape index (κ3) is 5.54. The number of amides is 2. The van der Waals surface area contributed by atoms with E-state index in [1.807, 2.05) is 54.6 Å². The zero-order chi connectivity index (χ0) is 25.1. The minimum absolute atomic E-state index is 0.109.